The molecule has 2 aromatic carbocycles. The van der Waals surface area contributed by atoms with Crippen LogP contribution in [0.4, 0.5) is 10.1 Å². The van der Waals surface area contributed by atoms with E-state index in [0.29, 0.717) is 5.75 Å². The van der Waals surface area contributed by atoms with Gasteiger partial charge in [0.25, 0.3) is 0 Å². The monoisotopic (exact) mass is 416 g/mol. The summed E-state index contributed by atoms with van der Waals surface area (Å²) in [5, 5.41) is 2.30. The quantitative estimate of drug-likeness (QED) is 0.723. The van der Waals surface area contributed by atoms with Crippen LogP contribution < -0.4 is 19.5 Å². The highest BCUT2D eigenvalue weighted by molar-refractivity contribution is 7.89. The molecule has 10 heteroatoms. The molecule has 1 amide bonds. The SMILES string of the molecule is COc1ccc(S(=O)(=O)N[C@@H](C)C(=O)Nc2ccc(F)c(Cl)c2)cc1OC. The molecule has 27 heavy (non-hydrogen) atoms. The van der Waals surface area contributed by atoms with Crippen LogP contribution in [0.3, 0.4) is 0 Å². The number of hydrogen-bond acceptors (Lipinski definition) is 5. The standard InChI is InChI=1S/C17H18ClFN2O5S/c1-10(17(22)20-11-4-6-14(19)13(18)8-11)21-27(23,24)12-5-7-15(25-2)16(9-12)26-3/h4-10,21H,1-3H3,(H,20,22)/t10-/m0/s1. The van der Waals surface area contributed by atoms with Crippen LogP contribution in [0.1, 0.15) is 6.92 Å². The molecule has 2 aromatic rings. The second kappa shape index (κ2) is 8.55. The molecule has 0 radical (unpaired) electrons. The molecule has 7 nitrogen and oxygen atoms in total. The number of hydrogen-bond donors (Lipinski definition) is 2. The highest BCUT2D eigenvalue weighted by atomic mass is 35.5. The third-order valence-corrected chi connectivity index (χ3v) is 5.41. The maximum Gasteiger partial charge on any atom is 0.242 e. The van der Waals surface area contributed by atoms with Gasteiger partial charge in [0, 0.05) is 11.8 Å². The van der Waals surface area contributed by atoms with Crippen molar-refractivity contribution in [3.8, 4) is 11.5 Å². The molecular formula is C17H18ClFN2O5S. The average Bonchev–Trinajstić information content (AvgIpc) is 2.63. The number of carbonyl (C=O) groups excluding carboxylic acids is 1. The van der Waals surface area contributed by atoms with E-state index in [1.54, 1.807) is 0 Å². The minimum absolute atomic E-state index is 0.0929. The van der Waals surface area contributed by atoms with Gasteiger partial charge in [0.15, 0.2) is 11.5 Å². The molecule has 0 saturated heterocycles. The van der Waals surface area contributed by atoms with Crippen molar-refractivity contribution in [3.05, 3.63) is 47.2 Å². The Balaban J connectivity index is 2.14. The Kier molecular flexibility index (Phi) is 6.63. The second-order valence-corrected chi connectivity index (χ2v) is 7.60. The van der Waals surface area contributed by atoms with E-state index in [1.807, 2.05) is 0 Å². The topological polar surface area (TPSA) is 93.7 Å². The summed E-state index contributed by atoms with van der Waals surface area (Å²) in [5.41, 5.74) is 0.239. The third-order valence-electron chi connectivity index (χ3n) is 3.58. The van der Waals surface area contributed by atoms with Crippen LogP contribution in [-0.4, -0.2) is 34.6 Å². The van der Waals surface area contributed by atoms with Crippen LogP contribution in [0.2, 0.25) is 5.02 Å². The first-order valence-electron chi connectivity index (χ1n) is 7.68. The second-order valence-electron chi connectivity index (χ2n) is 5.48. The molecule has 2 N–H and O–H groups in total. The lowest BCUT2D eigenvalue weighted by Crippen LogP contribution is -2.41. The van der Waals surface area contributed by atoms with Gasteiger partial charge in [-0.3, -0.25) is 4.79 Å². The molecule has 0 bridgehead atoms. The number of sulfonamides is 1. The van der Waals surface area contributed by atoms with Crippen molar-refractivity contribution in [1.82, 2.24) is 4.72 Å². The third kappa shape index (κ3) is 5.09. The van der Waals surface area contributed by atoms with Gasteiger partial charge in [-0.25, -0.2) is 12.8 Å². The first-order valence-corrected chi connectivity index (χ1v) is 9.54. The molecule has 1 atom stereocenters. The molecule has 0 heterocycles. The molecule has 0 aromatic heterocycles. The van der Waals surface area contributed by atoms with Gasteiger partial charge < -0.3 is 14.8 Å². The highest BCUT2D eigenvalue weighted by Gasteiger charge is 2.23. The number of amides is 1. The first-order chi connectivity index (χ1) is 12.7. The van der Waals surface area contributed by atoms with E-state index < -0.39 is 27.8 Å². The van der Waals surface area contributed by atoms with Gasteiger partial charge in [-0.1, -0.05) is 11.6 Å². The zero-order chi connectivity index (χ0) is 20.2. The number of rotatable bonds is 7. The fraction of sp³-hybridized carbons (Fsp3) is 0.235. The summed E-state index contributed by atoms with van der Waals surface area (Å²) in [4.78, 5) is 12.1. The molecular weight excluding hydrogens is 399 g/mol. The van der Waals surface area contributed by atoms with Crippen molar-refractivity contribution in [2.45, 2.75) is 17.9 Å². The van der Waals surface area contributed by atoms with E-state index >= 15 is 0 Å². The number of benzene rings is 2. The molecule has 0 aliphatic rings. The summed E-state index contributed by atoms with van der Waals surface area (Å²) in [5.74, 6) is -0.660. The number of anilines is 1. The Bertz CT molecular complexity index is 952. The smallest absolute Gasteiger partial charge is 0.242 e. The van der Waals surface area contributed by atoms with Gasteiger partial charge in [0.2, 0.25) is 15.9 Å². The van der Waals surface area contributed by atoms with Crippen LogP contribution in [-0.2, 0) is 14.8 Å². The van der Waals surface area contributed by atoms with Crippen molar-refractivity contribution < 1.29 is 27.1 Å². The highest BCUT2D eigenvalue weighted by Crippen LogP contribution is 2.29. The predicted octanol–water partition coefficient (Wildman–Crippen LogP) is 2.80. The zero-order valence-electron chi connectivity index (χ0n) is 14.7. The lowest BCUT2D eigenvalue weighted by atomic mass is 10.3. The fourth-order valence-electron chi connectivity index (χ4n) is 2.16. The van der Waals surface area contributed by atoms with E-state index in [2.05, 4.69) is 10.0 Å². The summed E-state index contributed by atoms with van der Waals surface area (Å²) in [7, 11) is -1.19. The molecule has 0 aliphatic heterocycles. The van der Waals surface area contributed by atoms with Gasteiger partial charge in [-0.05, 0) is 37.3 Å². The number of methoxy groups -OCH3 is 2. The zero-order valence-corrected chi connectivity index (χ0v) is 16.3. The van der Waals surface area contributed by atoms with Crippen molar-refractivity contribution in [2.24, 2.45) is 0 Å². The summed E-state index contributed by atoms with van der Waals surface area (Å²) in [6.45, 7) is 1.37. The lowest BCUT2D eigenvalue weighted by molar-refractivity contribution is -0.117. The largest absolute Gasteiger partial charge is 0.493 e. The maximum absolute atomic E-state index is 13.2. The normalized spacial score (nSPS) is 12.3. The Morgan fingerprint density at radius 3 is 2.37 bits per heavy atom. The van der Waals surface area contributed by atoms with E-state index in [9.17, 15) is 17.6 Å². The summed E-state index contributed by atoms with van der Waals surface area (Å²) >= 11 is 5.66. The van der Waals surface area contributed by atoms with E-state index in [0.717, 1.165) is 6.07 Å². The maximum atomic E-state index is 13.2. The number of nitrogens with one attached hydrogen (secondary N) is 2. The summed E-state index contributed by atoms with van der Waals surface area (Å²) in [6, 6.07) is 6.58. The van der Waals surface area contributed by atoms with Crippen molar-refractivity contribution in [1.29, 1.82) is 0 Å². The molecule has 0 spiro atoms. The van der Waals surface area contributed by atoms with Gasteiger partial charge in [0.05, 0.1) is 30.2 Å². The molecule has 0 aliphatic carbocycles. The Morgan fingerprint density at radius 1 is 1.11 bits per heavy atom. The molecule has 0 saturated carbocycles. The van der Waals surface area contributed by atoms with Crippen LogP contribution in [0.15, 0.2) is 41.3 Å². The Labute approximate surface area is 161 Å². The van der Waals surface area contributed by atoms with Crippen LogP contribution in [0.5, 0.6) is 11.5 Å². The van der Waals surface area contributed by atoms with Crippen LogP contribution in [0, 0.1) is 5.82 Å². The fourth-order valence-corrected chi connectivity index (χ4v) is 3.56. The van der Waals surface area contributed by atoms with Crippen molar-refractivity contribution >= 4 is 33.2 Å². The first kappa shape index (κ1) is 20.9. The van der Waals surface area contributed by atoms with Gasteiger partial charge in [-0.2, -0.15) is 4.72 Å². The Hall–Kier alpha value is -2.36. The van der Waals surface area contributed by atoms with Gasteiger partial charge in [-0.15, -0.1) is 0 Å². The van der Waals surface area contributed by atoms with E-state index in [1.165, 1.54) is 51.5 Å². The predicted molar refractivity (Wildman–Crippen MR) is 99.4 cm³/mol. The number of carbonyl (C=O) groups is 1. The molecule has 146 valence electrons. The minimum Gasteiger partial charge on any atom is -0.493 e. The minimum atomic E-state index is -4.00. The number of ether oxygens (including phenoxy) is 2. The van der Waals surface area contributed by atoms with E-state index in [4.69, 9.17) is 21.1 Å². The van der Waals surface area contributed by atoms with Crippen LogP contribution >= 0.6 is 11.6 Å². The van der Waals surface area contributed by atoms with Gasteiger partial charge >= 0.3 is 0 Å². The van der Waals surface area contributed by atoms with Gasteiger partial charge in [0.1, 0.15) is 5.82 Å². The molecule has 0 fully saturated rings. The lowest BCUT2D eigenvalue weighted by Gasteiger charge is -2.16. The molecule has 2 rings (SSSR count). The summed E-state index contributed by atoms with van der Waals surface area (Å²) < 4.78 is 50.6. The van der Waals surface area contributed by atoms with Crippen molar-refractivity contribution in [2.75, 3.05) is 19.5 Å². The number of halogens is 2. The van der Waals surface area contributed by atoms with E-state index in [-0.39, 0.29) is 21.4 Å². The van der Waals surface area contributed by atoms with Crippen molar-refractivity contribution in [3.63, 3.8) is 0 Å². The summed E-state index contributed by atoms with van der Waals surface area (Å²) in [6.07, 6.45) is 0. The molecule has 0 unspecified atom stereocenters. The average molecular weight is 417 g/mol. The Morgan fingerprint density at radius 2 is 1.78 bits per heavy atom. The van der Waals surface area contributed by atoms with Crippen LogP contribution in [0.25, 0.3) is 0 Å².